The smallest absolute Gasteiger partial charge is 0.126 e. The molecule has 26 heavy (non-hydrogen) atoms. The summed E-state index contributed by atoms with van der Waals surface area (Å²) in [5.74, 6) is 0.943. The third kappa shape index (κ3) is 4.07. The van der Waals surface area contributed by atoms with Gasteiger partial charge in [-0.25, -0.2) is 0 Å². The Kier molecular flexibility index (Phi) is 4.80. The molecule has 2 aromatic rings. The number of phenols is 1. The van der Waals surface area contributed by atoms with Crippen LogP contribution < -0.4 is 10.1 Å². The first-order valence-electron chi connectivity index (χ1n) is 9.04. The van der Waals surface area contributed by atoms with Gasteiger partial charge in [-0.05, 0) is 64.8 Å². The molecule has 0 amide bonds. The van der Waals surface area contributed by atoms with Gasteiger partial charge in [0.05, 0.1) is 5.69 Å². The van der Waals surface area contributed by atoms with Gasteiger partial charge in [0.15, 0.2) is 0 Å². The molecule has 1 aliphatic heterocycles. The van der Waals surface area contributed by atoms with E-state index in [1.807, 2.05) is 25.3 Å². The Morgan fingerprint density at radius 2 is 1.92 bits per heavy atom. The van der Waals surface area contributed by atoms with Crippen LogP contribution in [-0.2, 0) is 6.61 Å². The average Bonchev–Trinajstić information content (AvgIpc) is 2.54. The molecule has 0 bridgehead atoms. The predicted octanol–water partition coefficient (Wildman–Crippen LogP) is 4.61. The zero-order valence-corrected chi connectivity index (χ0v) is 16.3. The van der Waals surface area contributed by atoms with Crippen molar-refractivity contribution in [2.45, 2.75) is 58.7 Å². The summed E-state index contributed by atoms with van der Waals surface area (Å²) < 4.78 is 6.00. The SMILES string of the molecule is Cc1c(O)cccc1OCc1cccnc1C1=CC(C)(C)NC(C)(C)C1. The number of hydrogen-bond donors (Lipinski definition) is 2. The van der Waals surface area contributed by atoms with Gasteiger partial charge in [0.2, 0.25) is 0 Å². The number of pyridine rings is 1. The number of nitrogens with zero attached hydrogens (tertiary/aromatic N) is 1. The summed E-state index contributed by atoms with van der Waals surface area (Å²) in [4.78, 5) is 4.66. The van der Waals surface area contributed by atoms with Crippen molar-refractivity contribution < 1.29 is 9.84 Å². The molecule has 0 spiro atoms. The van der Waals surface area contributed by atoms with Crippen LogP contribution in [0, 0.1) is 6.92 Å². The molecule has 0 saturated heterocycles. The molecule has 0 saturated carbocycles. The van der Waals surface area contributed by atoms with Gasteiger partial charge in [0, 0.05) is 28.4 Å². The monoisotopic (exact) mass is 352 g/mol. The van der Waals surface area contributed by atoms with Gasteiger partial charge in [-0.1, -0.05) is 18.2 Å². The van der Waals surface area contributed by atoms with Crippen LogP contribution in [0.15, 0.2) is 42.6 Å². The minimum atomic E-state index is -0.0888. The van der Waals surface area contributed by atoms with Gasteiger partial charge in [-0.3, -0.25) is 4.98 Å². The van der Waals surface area contributed by atoms with E-state index in [0.29, 0.717) is 12.4 Å². The van der Waals surface area contributed by atoms with Gasteiger partial charge < -0.3 is 15.2 Å². The lowest BCUT2D eigenvalue weighted by atomic mass is 9.81. The Labute approximate surface area is 155 Å². The molecule has 4 heteroatoms. The number of ether oxygens (including phenoxy) is 1. The van der Waals surface area contributed by atoms with E-state index < -0.39 is 0 Å². The van der Waals surface area contributed by atoms with Crippen LogP contribution in [0.5, 0.6) is 11.5 Å². The maximum absolute atomic E-state index is 9.86. The highest BCUT2D eigenvalue weighted by molar-refractivity contribution is 5.68. The van der Waals surface area contributed by atoms with Crippen molar-refractivity contribution in [2.75, 3.05) is 0 Å². The quantitative estimate of drug-likeness (QED) is 0.844. The Balaban J connectivity index is 1.89. The van der Waals surface area contributed by atoms with E-state index in [9.17, 15) is 5.11 Å². The highest BCUT2D eigenvalue weighted by atomic mass is 16.5. The Hall–Kier alpha value is -2.33. The predicted molar refractivity (Wildman–Crippen MR) is 105 cm³/mol. The Morgan fingerprint density at radius 1 is 1.15 bits per heavy atom. The number of aromatic hydroxyl groups is 1. The summed E-state index contributed by atoms with van der Waals surface area (Å²) >= 11 is 0. The van der Waals surface area contributed by atoms with Crippen LogP contribution in [-0.4, -0.2) is 21.2 Å². The van der Waals surface area contributed by atoms with Crippen LogP contribution in [0.2, 0.25) is 0 Å². The van der Waals surface area contributed by atoms with Gasteiger partial charge in [-0.2, -0.15) is 0 Å². The lowest BCUT2D eigenvalue weighted by Gasteiger charge is -2.41. The fourth-order valence-corrected chi connectivity index (χ4v) is 3.83. The molecule has 1 aliphatic rings. The lowest BCUT2D eigenvalue weighted by Crippen LogP contribution is -2.53. The first kappa shape index (κ1) is 18.5. The maximum Gasteiger partial charge on any atom is 0.126 e. The Morgan fingerprint density at radius 3 is 2.65 bits per heavy atom. The zero-order chi connectivity index (χ0) is 18.9. The third-order valence-corrected chi connectivity index (χ3v) is 4.66. The molecule has 0 atom stereocenters. The number of phenolic OH excluding ortho intramolecular Hbond substituents is 1. The molecule has 0 radical (unpaired) electrons. The summed E-state index contributed by atoms with van der Waals surface area (Å²) in [5.41, 5.74) is 3.95. The van der Waals surface area contributed by atoms with Crippen LogP contribution in [0.1, 0.15) is 50.9 Å². The van der Waals surface area contributed by atoms with Crippen LogP contribution in [0.25, 0.3) is 5.57 Å². The molecule has 0 unspecified atom stereocenters. The molecule has 0 aliphatic carbocycles. The molecule has 4 nitrogen and oxygen atoms in total. The Bertz CT molecular complexity index is 838. The van der Waals surface area contributed by atoms with Gasteiger partial charge >= 0.3 is 0 Å². The number of aromatic nitrogens is 1. The molecule has 1 aromatic heterocycles. The van der Waals surface area contributed by atoms with E-state index >= 15 is 0 Å². The van der Waals surface area contributed by atoms with Gasteiger partial charge in [0.25, 0.3) is 0 Å². The van der Waals surface area contributed by atoms with Crippen molar-refractivity contribution in [1.29, 1.82) is 0 Å². The maximum atomic E-state index is 9.86. The van der Waals surface area contributed by atoms with Crippen molar-refractivity contribution in [1.82, 2.24) is 10.3 Å². The third-order valence-electron chi connectivity index (χ3n) is 4.66. The summed E-state index contributed by atoms with van der Waals surface area (Å²) in [6, 6.07) is 9.34. The van der Waals surface area contributed by atoms with E-state index in [2.05, 4.69) is 50.1 Å². The molecule has 1 aromatic carbocycles. The minimum Gasteiger partial charge on any atom is -0.508 e. The van der Waals surface area contributed by atoms with Crippen molar-refractivity contribution >= 4 is 5.57 Å². The number of rotatable bonds is 4. The summed E-state index contributed by atoms with van der Waals surface area (Å²) in [7, 11) is 0. The molecular weight excluding hydrogens is 324 g/mol. The normalized spacial score (nSPS) is 18.3. The zero-order valence-electron chi connectivity index (χ0n) is 16.3. The van der Waals surface area contributed by atoms with Crippen molar-refractivity contribution in [2.24, 2.45) is 0 Å². The fourth-order valence-electron chi connectivity index (χ4n) is 3.83. The van der Waals surface area contributed by atoms with E-state index in [1.54, 1.807) is 12.1 Å². The lowest BCUT2D eigenvalue weighted by molar-refractivity contribution is 0.293. The van der Waals surface area contributed by atoms with Crippen molar-refractivity contribution in [3.05, 3.63) is 59.4 Å². The summed E-state index contributed by atoms with van der Waals surface area (Å²) in [6.45, 7) is 11.1. The average molecular weight is 352 g/mol. The topological polar surface area (TPSA) is 54.4 Å². The molecule has 2 N–H and O–H groups in total. The van der Waals surface area contributed by atoms with Crippen LogP contribution >= 0.6 is 0 Å². The van der Waals surface area contributed by atoms with Gasteiger partial charge in [-0.15, -0.1) is 0 Å². The van der Waals surface area contributed by atoms with E-state index in [4.69, 9.17) is 4.74 Å². The van der Waals surface area contributed by atoms with Crippen molar-refractivity contribution in [3.8, 4) is 11.5 Å². The second-order valence-corrected chi connectivity index (χ2v) is 8.28. The van der Waals surface area contributed by atoms with E-state index in [1.165, 1.54) is 5.57 Å². The van der Waals surface area contributed by atoms with Gasteiger partial charge in [0.1, 0.15) is 18.1 Å². The second-order valence-electron chi connectivity index (χ2n) is 8.28. The summed E-state index contributed by atoms with van der Waals surface area (Å²) in [5, 5.41) is 13.5. The van der Waals surface area contributed by atoms with E-state index in [-0.39, 0.29) is 16.8 Å². The molecule has 0 fully saturated rings. The number of nitrogens with one attached hydrogen (secondary N) is 1. The molecular formula is C22H28N2O2. The standard InChI is InChI=1S/C22H28N2O2/c1-15-18(25)9-6-10-19(15)26-14-16-8-7-11-23-20(16)17-12-21(2,3)24-22(4,5)13-17/h6-12,24-25H,13-14H2,1-5H3. The fraction of sp³-hybridized carbons (Fsp3) is 0.409. The number of benzene rings is 1. The number of hydrogen-bond acceptors (Lipinski definition) is 4. The minimum absolute atomic E-state index is 0.00500. The first-order chi connectivity index (χ1) is 12.2. The highest BCUT2D eigenvalue weighted by Gasteiger charge is 2.33. The highest BCUT2D eigenvalue weighted by Crippen LogP contribution is 2.34. The second kappa shape index (κ2) is 6.76. The van der Waals surface area contributed by atoms with Crippen LogP contribution in [0.3, 0.4) is 0 Å². The van der Waals surface area contributed by atoms with Crippen LogP contribution in [0.4, 0.5) is 0 Å². The molecule has 138 valence electrons. The van der Waals surface area contributed by atoms with E-state index in [0.717, 1.165) is 23.2 Å². The molecule has 3 rings (SSSR count). The molecule has 2 heterocycles. The first-order valence-corrected chi connectivity index (χ1v) is 9.04. The summed E-state index contributed by atoms with van der Waals surface area (Å²) in [6.07, 6.45) is 5.01. The largest absolute Gasteiger partial charge is 0.508 e. The van der Waals surface area contributed by atoms with Crippen molar-refractivity contribution in [3.63, 3.8) is 0 Å².